The minimum absolute atomic E-state index is 0.0146. The van der Waals surface area contributed by atoms with Gasteiger partial charge in [0, 0.05) is 19.3 Å². The van der Waals surface area contributed by atoms with Crippen molar-refractivity contribution in [1.29, 1.82) is 0 Å². The fourth-order valence-electron chi connectivity index (χ4n) is 2.87. The highest BCUT2D eigenvalue weighted by atomic mass is 16.5. The van der Waals surface area contributed by atoms with Crippen LogP contribution in [0, 0.1) is 5.92 Å². The van der Waals surface area contributed by atoms with Crippen LogP contribution in [0.3, 0.4) is 0 Å². The summed E-state index contributed by atoms with van der Waals surface area (Å²) in [7, 11) is 0. The third-order valence-electron chi connectivity index (χ3n) is 4.53. The van der Waals surface area contributed by atoms with Crippen LogP contribution in [-0.2, 0) is 20.9 Å². The van der Waals surface area contributed by atoms with E-state index in [1.54, 1.807) is 11.1 Å². The lowest BCUT2D eigenvalue weighted by Crippen LogP contribution is -2.49. The van der Waals surface area contributed by atoms with Gasteiger partial charge in [-0.2, -0.15) is 5.10 Å². The third kappa shape index (κ3) is 5.27. The van der Waals surface area contributed by atoms with Crippen LogP contribution in [0.25, 0.3) is 0 Å². The Balaban J connectivity index is 1.90. The van der Waals surface area contributed by atoms with Gasteiger partial charge in [-0.25, -0.2) is 0 Å². The fraction of sp³-hybridized carbons (Fsp3) is 0.706. The van der Waals surface area contributed by atoms with E-state index in [0.717, 1.165) is 6.42 Å². The first kappa shape index (κ1) is 19.4. The molecule has 0 bridgehead atoms. The SMILES string of the molecule is CCC(C)C(N)C(=O)Nc1cnn(CC(=O)N2CC(C)OC(C)C2)c1. The molecule has 140 valence electrons. The Kier molecular flexibility index (Phi) is 6.55. The molecule has 0 aromatic carbocycles. The Morgan fingerprint density at radius 2 is 2.04 bits per heavy atom. The Morgan fingerprint density at radius 3 is 2.64 bits per heavy atom. The van der Waals surface area contributed by atoms with Crippen molar-refractivity contribution in [3.63, 3.8) is 0 Å². The Hall–Kier alpha value is -1.93. The maximum absolute atomic E-state index is 12.4. The lowest BCUT2D eigenvalue weighted by molar-refractivity contribution is -0.144. The Bertz CT molecular complexity index is 593. The number of hydrogen-bond donors (Lipinski definition) is 2. The molecule has 4 atom stereocenters. The second-order valence-corrected chi connectivity index (χ2v) is 6.88. The lowest BCUT2D eigenvalue weighted by atomic mass is 9.99. The monoisotopic (exact) mass is 351 g/mol. The second kappa shape index (κ2) is 8.44. The fourth-order valence-corrected chi connectivity index (χ4v) is 2.87. The highest BCUT2D eigenvalue weighted by Gasteiger charge is 2.26. The smallest absolute Gasteiger partial charge is 0.244 e. The molecule has 1 aliphatic rings. The summed E-state index contributed by atoms with van der Waals surface area (Å²) in [6.45, 7) is 9.14. The van der Waals surface area contributed by atoms with E-state index in [0.29, 0.717) is 18.8 Å². The zero-order valence-electron chi connectivity index (χ0n) is 15.4. The molecule has 8 nitrogen and oxygen atoms in total. The van der Waals surface area contributed by atoms with E-state index in [-0.39, 0.29) is 36.5 Å². The van der Waals surface area contributed by atoms with Crippen molar-refractivity contribution in [2.24, 2.45) is 11.7 Å². The number of amides is 2. The zero-order valence-corrected chi connectivity index (χ0v) is 15.4. The normalized spacial score (nSPS) is 23.2. The van der Waals surface area contributed by atoms with Gasteiger partial charge < -0.3 is 20.7 Å². The number of anilines is 1. The molecular weight excluding hydrogens is 322 g/mol. The van der Waals surface area contributed by atoms with Crippen LogP contribution in [0.15, 0.2) is 12.4 Å². The standard InChI is InChI=1S/C17H29N5O3/c1-5-11(2)16(18)17(24)20-14-6-19-22(9-14)10-15(23)21-7-12(3)25-13(4)8-21/h6,9,11-13,16H,5,7-8,10,18H2,1-4H3,(H,20,24). The molecule has 2 heterocycles. The number of nitrogens with one attached hydrogen (secondary N) is 1. The molecule has 1 aromatic rings. The maximum Gasteiger partial charge on any atom is 0.244 e. The predicted molar refractivity (Wildman–Crippen MR) is 94.9 cm³/mol. The first-order valence-electron chi connectivity index (χ1n) is 8.82. The molecule has 25 heavy (non-hydrogen) atoms. The van der Waals surface area contributed by atoms with Gasteiger partial charge in [-0.05, 0) is 19.8 Å². The second-order valence-electron chi connectivity index (χ2n) is 6.88. The number of hydrogen-bond acceptors (Lipinski definition) is 5. The molecule has 3 N–H and O–H groups in total. The van der Waals surface area contributed by atoms with E-state index < -0.39 is 6.04 Å². The molecule has 0 aliphatic carbocycles. The molecule has 0 saturated carbocycles. The number of morpholine rings is 1. The molecule has 0 spiro atoms. The van der Waals surface area contributed by atoms with Gasteiger partial charge in [0.1, 0.15) is 6.54 Å². The third-order valence-corrected chi connectivity index (χ3v) is 4.53. The van der Waals surface area contributed by atoms with E-state index in [2.05, 4.69) is 10.4 Å². The van der Waals surface area contributed by atoms with Crippen LogP contribution in [0.4, 0.5) is 5.69 Å². The quantitative estimate of drug-likeness (QED) is 0.790. The molecule has 8 heteroatoms. The minimum atomic E-state index is -0.564. The van der Waals surface area contributed by atoms with Crippen LogP contribution in [0.5, 0.6) is 0 Å². The predicted octanol–water partition coefficient (Wildman–Crippen LogP) is 0.831. The summed E-state index contributed by atoms with van der Waals surface area (Å²) in [6, 6.07) is -0.564. The summed E-state index contributed by atoms with van der Waals surface area (Å²) in [5.41, 5.74) is 6.46. The average Bonchev–Trinajstić information content (AvgIpc) is 2.99. The van der Waals surface area contributed by atoms with Crippen molar-refractivity contribution in [3.8, 4) is 0 Å². The zero-order chi connectivity index (χ0) is 18.6. The van der Waals surface area contributed by atoms with Crippen molar-refractivity contribution in [1.82, 2.24) is 14.7 Å². The summed E-state index contributed by atoms with van der Waals surface area (Å²) in [5, 5.41) is 6.90. The maximum atomic E-state index is 12.4. The first-order chi connectivity index (χ1) is 11.8. The van der Waals surface area contributed by atoms with Crippen molar-refractivity contribution < 1.29 is 14.3 Å². The van der Waals surface area contributed by atoms with Crippen LogP contribution in [0.2, 0.25) is 0 Å². The molecule has 2 rings (SSSR count). The number of carbonyl (C=O) groups is 2. The first-order valence-corrected chi connectivity index (χ1v) is 8.82. The van der Waals surface area contributed by atoms with Crippen LogP contribution in [-0.4, -0.2) is 57.8 Å². The number of ether oxygens (including phenoxy) is 1. The Labute approximate surface area is 148 Å². The number of nitrogens with zero attached hydrogens (tertiary/aromatic N) is 3. The Morgan fingerprint density at radius 1 is 1.40 bits per heavy atom. The van der Waals surface area contributed by atoms with Gasteiger partial charge in [-0.15, -0.1) is 0 Å². The molecule has 1 saturated heterocycles. The van der Waals surface area contributed by atoms with Crippen molar-refractivity contribution in [3.05, 3.63) is 12.4 Å². The molecule has 1 fully saturated rings. The van der Waals surface area contributed by atoms with Gasteiger partial charge in [0.15, 0.2) is 0 Å². The van der Waals surface area contributed by atoms with Crippen molar-refractivity contribution >= 4 is 17.5 Å². The van der Waals surface area contributed by atoms with E-state index >= 15 is 0 Å². The van der Waals surface area contributed by atoms with Crippen molar-refractivity contribution in [2.45, 2.75) is 58.9 Å². The van der Waals surface area contributed by atoms with Gasteiger partial charge >= 0.3 is 0 Å². The summed E-state index contributed by atoms with van der Waals surface area (Å²) in [4.78, 5) is 26.3. The van der Waals surface area contributed by atoms with E-state index in [1.807, 2.05) is 27.7 Å². The topological polar surface area (TPSA) is 102 Å². The molecule has 0 radical (unpaired) electrons. The summed E-state index contributed by atoms with van der Waals surface area (Å²) >= 11 is 0. The van der Waals surface area contributed by atoms with Gasteiger partial charge in [-0.3, -0.25) is 14.3 Å². The van der Waals surface area contributed by atoms with Crippen LogP contribution >= 0.6 is 0 Å². The highest BCUT2D eigenvalue weighted by molar-refractivity contribution is 5.94. The lowest BCUT2D eigenvalue weighted by Gasteiger charge is -2.35. The molecular formula is C17H29N5O3. The van der Waals surface area contributed by atoms with Gasteiger partial charge in [0.2, 0.25) is 11.8 Å². The number of nitrogens with two attached hydrogens (primary N) is 1. The van der Waals surface area contributed by atoms with Crippen molar-refractivity contribution in [2.75, 3.05) is 18.4 Å². The van der Waals surface area contributed by atoms with Crippen LogP contribution in [0.1, 0.15) is 34.1 Å². The van der Waals surface area contributed by atoms with Crippen LogP contribution < -0.4 is 11.1 Å². The summed E-state index contributed by atoms with van der Waals surface area (Å²) in [5.74, 6) is -0.155. The summed E-state index contributed by atoms with van der Waals surface area (Å²) < 4.78 is 7.17. The molecule has 2 amide bonds. The largest absolute Gasteiger partial charge is 0.372 e. The average molecular weight is 351 g/mol. The van der Waals surface area contributed by atoms with E-state index in [9.17, 15) is 9.59 Å². The van der Waals surface area contributed by atoms with E-state index in [4.69, 9.17) is 10.5 Å². The van der Waals surface area contributed by atoms with E-state index in [1.165, 1.54) is 10.9 Å². The number of rotatable bonds is 6. The van der Waals surface area contributed by atoms with Gasteiger partial charge in [0.25, 0.3) is 0 Å². The van der Waals surface area contributed by atoms with Gasteiger partial charge in [-0.1, -0.05) is 20.3 Å². The number of carbonyl (C=O) groups excluding carboxylic acids is 2. The molecule has 1 aromatic heterocycles. The number of aromatic nitrogens is 2. The minimum Gasteiger partial charge on any atom is -0.372 e. The summed E-state index contributed by atoms with van der Waals surface area (Å²) in [6.07, 6.45) is 4.06. The van der Waals surface area contributed by atoms with Gasteiger partial charge in [0.05, 0.1) is 30.1 Å². The molecule has 1 aliphatic heterocycles. The molecule has 4 unspecified atom stereocenters. The highest BCUT2D eigenvalue weighted by Crippen LogP contribution is 2.13.